The van der Waals surface area contributed by atoms with Crippen LogP contribution in [0.1, 0.15) is 22.5 Å². The summed E-state index contributed by atoms with van der Waals surface area (Å²) in [5, 5.41) is 15.5. The van der Waals surface area contributed by atoms with Gasteiger partial charge in [-0.2, -0.15) is 18.3 Å². The first-order valence-electron chi connectivity index (χ1n) is 11.0. The van der Waals surface area contributed by atoms with Gasteiger partial charge in [0.25, 0.3) is 0 Å². The van der Waals surface area contributed by atoms with E-state index in [1.807, 2.05) is 38.1 Å². The van der Waals surface area contributed by atoms with Crippen LogP contribution in [0, 0.1) is 13.8 Å². The van der Waals surface area contributed by atoms with E-state index in [2.05, 4.69) is 36.0 Å². The number of anilines is 1. The number of para-hydroxylation sites is 1. The van der Waals surface area contributed by atoms with Gasteiger partial charge < -0.3 is 5.32 Å². The normalized spacial score (nSPS) is 11.9. The van der Waals surface area contributed by atoms with Crippen LogP contribution in [0.15, 0.2) is 66.0 Å². The molecule has 0 aliphatic carbocycles. The summed E-state index contributed by atoms with van der Waals surface area (Å²) in [5.41, 5.74) is 7.39. The number of aromatic nitrogens is 5. The Morgan fingerprint density at radius 2 is 1.78 bits per heavy atom. The Bertz CT molecular complexity index is 1640. The minimum atomic E-state index is -4.55. The molecule has 2 N–H and O–H groups in total. The zero-order valence-electron chi connectivity index (χ0n) is 19.6. The molecule has 0 atom stereocenters. The van der Waals surface area contributed by atoms with Gasteiger partial charge in [-0.25, -0.2) is 9.97 Å². The number of aryl methyl sites for hydroxylation is 2. The first-order valence-corrected chi connectivity index (χ1v) is 11.5. The van der Waals surface area contributed by atoms with Crippen LogP contribution < -0.4 is 10.7 Å². The summed E-state index contributed by atoms with van der Waals surface area (Å²) in [6.07, 6.45) is -1.51. The molecule has 3 aromatic heterocycles. The second-order valence-corrected chi connectivity index (χ2v) is 8.62. The monoisotopic (exact) mass is 520 g/mol. The van der Waals surface area contributed by atoms with Crippen molar-refractivity contribution in [3.63, 3.8) is 0 Å². The van der Waals surface area contributed by atoms with Crippen LogP contribution in [0.2, 0.25) is 0 Å². The van der Waals surface area contributed by atoms with Gasteiger partial charge >= 0.3 is 6.18 Å². The van der Waals surface area contributed by atoms with Crippen LogP contribution in [0.25, 0.3) is 27.8 Å². The molecule has 0 amide bonds. The molecule has 0 aliphatic rings. The van der Waals surface area contributed by atoms with Crippen LogP contribution in [0.5, 0.6) is 0 Å². The fraction of sp³-hybridized carbons (Fsp3) is 0.120. The third-order valence-corrected chi connectivity index (χ3v) is 5.87. The number of hydrazone groups is 1. The van der Waals surface area contributed by atoms with Gasteiger partial charge in [-0.3, -0.25) is 9.99 Å². The summed E-state index contributed by atoms with van der Waals surface area (Å²) < 4.78 is 40.0. The lowest BCUT2D eigenvalue weighted by Crippen LogP contribution is -2.24. The highest BCUT2D eigenvalue weighted by molar-refractivity contribution is 7.80. The van der Waals surface area contributed by atoms with Crippen molar-refractivity contribution in [3.8, 4) is 5.82 Å². The number of thiocarbonyl (C=S) groups is 1. The van der Waals surface area contributed by atoms with Crippen molar-refractivity contribution in [2.75, 3.05) is 5.32 Å². The molecule has 3 heterocycles. The lowest BCUT2D eigenvalue weighted by atomic mass is 10.1. The lowest BCUT2D eigenvalue weighted by Gasteiger charge is -2.12. The first kappa shape index (κ1) is 24.3. The number of nitrogens with one attached hydrogen (secondary N) is 2. The molecule has 5 aromatic rings. The van der Waals surface area contributed by atoms with E-state index < -0.39 is 11.9 Å². The molecule has 8 nitrogen and oxygen atoms in total. The van der Waals surface area contributed by atoms with E-state index >= 15 is 0 Å². The molecule has 0 saturated heterocycles. The second-order valence-electron chi connectivity index (χ2n) is 8.22. The van der Waals surface area contributed by atoms with E-state index in [1.54, 1.807) is 29.0 Å². The Kier molecular flexibility index (Phi) is 6.25. The maximum atomic E-state index is 12.8. The molecule has 0 bridgehead atoms. The van der Waals surface area contributed by atoms with Gasteiger partial charge in [0, 0.05) is 11.1 Å². The fourth-order valence-electron chi connectivity index (χ4n) is 3.87. The van der Waals surface area contributed by atoms with Crippen molar-refractivity contribution in [1.82, 2.24) is 30.2 Å². The molecule has 0 radical (unpaired) electrons. The zero-order chi connectivity index (χ0) is 26.2. The van der Waals surface area contributed by atoms with Gasteiger partial charge in [-0.05, 0) is 73.6 Å². The molecular weight excluding hydrogens is 501 g/mol. The van der Waals surface area contributed by atoms with E-state index in [0.29, 0.717) is 27.4 Å². The molecular formula is C25H19F3N8S. The average molecular weight is 521 g/mol. The van der Waals surface area contributed by atoms with Gasteiger partial charge in [-0.15, -0.1) is 10.2 Å². The van der Waals surface area contributed by atoms with Crippen LogP contribution in [-0.2, 0) is 6.18 Å². The molecule has 0 fully saturated rings. The van der Waals surface area contributed by atoms with Gasteiger partial charge in [0.15, 0.2) is 16.6 Å². The van der Waals surface area contributed by atoms with E-state index in [4.69, 9.17) is 12.2 Å². The Labute approximate surface area is 214 Å². The molecule has 0 spiro atoms. The number of halogens is 3. The molecule has 2 aromatic carbocycles. The summed E-state index contributed by atoms with van der Waals surface area (Å²) in [4.78, 5) is 9.02. The molecule has 0 saturated carbocycles. The van der Waals surface area contributed by atoms with Crippen molar-refractivity contribution in [3.05, 3.63) is 83.4 Å². The maximum absolute atomic E-state index is 12.8. The van der Waals surface area contributed by atoms with E-state index in [0.717, 1.165) is 28.3 Å². The minimum Gasteiger partial charge on any atom is -0.331 e. The van der Waals surface area contributed by atoms with E-state index in [-0.39, 0.29) is 5.82 Å². The third kappa shape index (κ3) is 4.96. The van der Waals surface area contributed by atoms with Crippen molar-refractivity contribution >= 4 is 51.2 Å². The number of benzene rings is 2. The fourth-order valence-corrected chi connectivity index (χ4v) is 4.02. The Morgan fingerprint density at radius 1 is 1.00 bits per heavy atom. The number of nitrogens with zero attached hydrogens (tertiary/aromatic N) is 6. The number of alkyl halides is 3. The van der Waals surface area contributed by atoms with Crippen molar-refractivity contribution in [2.24, 2.45) is 5.10 Å². The highest BCUT2D eigenvalue weighted by Gasteiger charge is 2.33. The topological polar surface area (TPSA) is 92.9 Å². The predicted octanol–water partition coefficient (Wildman–Crippen LogP) is 5.32. The molecule has 186 valence electrons. The highest BCUT2D eigenvalue weighted by Crippen LogP contribution is 2.28. The predicted molar refractivity (Wildman–Crippen MR) is 140 cm³/mol. The number of pyridine rings is 1. The Hall–Kier alpha value is -4.45. The lowest BCUT2D eigenvalue weighted by molar-refractivity contribution is -0.141. The molecule has 5 rings (SSSR count). The van der Waals surface area contributed by atoms with E-state index in [1.165, 1.54) is 12.4 Å². The highest BCUT2D eigenvalue weighted by atomic mass is 32.1. The molecule has 12 heteroatoms. The van der Waals surface area contributed by atoms with Crippen LogP contribution in [0.4, 0.5) is 18.9 Å². The van der Waals surface area contributed by atoms with E-state index in [9.17, 15) is 13.2 Å². The Morgan fingerprint density at radius 3 is 2.49 bits per heavy atom. The maximum Gasteiger partial charge on any atom is 0.435 e. The van der Waals surface area contributed by atoms with Gasteiger partial charge in [0.1, 0.15) is 6.33 Å². The van der Waals surface area contributed by atoms with Crippen molar-refractivity contribution in [1.29, 1.82) is 0 Å². The van der Waals surface area contributed by atoms with Gasteiger partial charge in [0.2, 0.25) is 0 Å². The molecule has 0 unspecified atom stereocenters. The largest absolute Gasteiger partial charge is 0.435 e. The quantitative estimate of drug-likeness (QED) is 0.188. The number of rotatable bonds is 4. The number of hydrogen-bond donors (Lipinski definition) is 2. The van der Waals surface area contributed by atoms with Crippen LogP contribution >= 0.6 is 12.2 Å². The number of imidazole rings is 1. The van der Waals surface area contributed by atoms with Crippen LogP contribution in [0.3, 0.4) is 0 Å². The summed E-state index contributed by atoms with van der Waals surface area (Å²) in [7, 11) is 0. The van der Waals surface area contributed by atoms with Crippen molar-refractivity contribution < 1.29 is 13.2 Å². The summed E-state index contributed by atoms with van der Waals surface area (Å²) in [6.45, 7) is 3.99. The number of hydrogen-bond acceptors (Lipinski definition) is 6. The number of fused-ring (bicyclic) bond motifs is 3. The third-order valence-electron chi connectivity index (χ3n) is 5.68. The summed E-state index contributed by atoms with van der Waals surface area (Å²) in [5.74, 6) is 0.225. The Balaban J connectivity index is 1.34. The standard InChI is InChI=1S/C25H19F3N8S/c1-14-4-3-5-15(2)22(14)32-24(37)35-30-12-16-6-7-17-18(31-16)8-9-19-23(17)29-13-36(19)21-11-10-20(33-34-21)25(26,27)28/h3-13H,1-2H3,(H2,32,35,37). The van der Waals surface area contributed by atoms with Crippen molar-refractivity contribution in [2.45, 2.75) is 20.0 Å². The SMILES string of the molecule is Cc1cccc(C)c1NC(=S)NN=Cc1ccc2c(ccc3c2ncn3-c2ccc(C(F)(F)F)nn2)n1. The van der Waals surface area contributed by atoms with Gasteiger partial charge in [-0.1, -0.05) is 18.2 Å². The first-order chi connectivity index (χ1) is 17.7. The molecule has 0 aliphatic heterocycles. The van der Waals surface area contributed by atoms with Crippen LogP contribution in [-0.4, -0.2) is 36.1 Å². The summed E-state index contributed by atoms with van der Waals surface area (Å²) in [6, 6.07) is 15.3. The minimum absolute atomic E-state index is 0.225. The van der Waals surface area contributed by atoms with Gasteiger partial charge in [0.05, 0.1) is 28.5 Å². The molecule has 37 heavy (non-hydrogen) atoms. The summed E-state index contributed by atoms with van der Waals surface area (Å²) >= 11 is 5.34. The zero-order valence-corrected chi connectivity index (χ0v) is 20.4. The average Bonchev–Trinajstić information content (AvgIpc) is 3.30. The second kappa shape index (κ2) is 9.54. The smallest absolute Gasteiger partial charge is 0.331 e.